The lowest BCUT2D eigenvalue weighted by Gasteiger charge is -2.26. The molecule has 5 rings (SSSR count). The maximum atomic E-state index is 13.8. The number of hydrogen-bond donors (Lipinski definition) is 1. The minimum absolute atomic E-state index is 0.378. The predicted molar refractivity (Wildman–Crippen MR) is 137 cm³/mol. The van der Waals surface area contributed by atoms with Crippen molar-refractivity contribution in [2.24, 2.45) is 5.92 Å². The van der Waals surface area contributed by atoms with Crippen LogP contribution in [0.25, 0.3) is 0 Å². The second-order valence-corrected chi connectivity index (χ2v) is 9.63. The molecule has 3 amide bonds. The minimum atomic E-state index is -1.04. The van der Waals surface area contributed by atoms with E-state index in [1.165, 1.54) is 17.0 Å². The highest BCUT2D eigenvalue weighted by Crippen LogP contribution is 2.45. The van der Waals surface area contributed by atoms with Crippen LogP contribution in [-0.4, -0.2) is 43.0 Å². The van der Waals surface area contributed by atoms with E-state index in [4.69, 9.17) is 9.47 Å². The van der Waals surface area contributed by atoms with Gasteiger partial charge in [-0.3, -0.25) is 19.4 Å². The van der Waals surface area contributed by atoms with Gasteiger partial charge >= 0.3 is 0 Å². The summed E-state index contributed by atoms with van der Waals surface area (Å²) in [6.07, 6.45) is 0. The molecule has 2 saturated heterocycles. The second-order valence-electron chi connectivity index (χ2n) is 8.72. The first kappa shape index (κ1) is 24.0. The number of halogens is 1. The van der Waals surface area contributed by atoms with E-state index in [-0.39, 0.29) is 5.91 Å². The Morgan fingerprint density at radius 2 is 1.69 bits per heavy atom. The zero-order chi connectivity index (χ0) is 25.6. The molecule has 2 aliphatic rings. The summed E-state index contributed by atoms with van der Waals surface area (Å²) in [5.41, 5.74) is 5.62. The number of fused-ring (bicyclic) bond motifs is 1. The third-order valence-corrected chi connectivity index (χ3v) is 7.08. The summed E-state index contributed by atoms with van der Waals surface area (Å²) in [5.74, 6) is -1.06. The van der Waals surface area contributed by atoms with Gasteiger partial charge in [-0.2, -0.15) is 0 Å². The maximum Gasteiger partial charge on any atom is 0.268 e. The van der Waals surface area contributed by atoms with E-state index in [9.17, 15) is 14.4 Å². The molecule has 184 valence electrons. The first-order valence-electron chi connectivity index (χ1n) is 11.4. The Morgan fingerprint density at radius 1 is 0.944 bits per heavy atom. The van der Waals surface area contributed by atoms with Crippen LogP contribution in [0.5, 0.6) is 11.5 Å². The van der Waals surface area contributed by atoms with Gasteiger partial charge in [-0.05, 0) is 55.5 Å². The maximum absolute atomic E-state index is 13.8. The summed E-state index contributed by atoms with van der Waals surface area (Å²) in [6.45, 7) is 1.93. The van der Waals surface area contributed by atoms with E-state index in [0.717, 1.165) is 10.0 Å². The minimum Gasteiger partial charge on any atom is -0.497 e. The van der Waals surface area contributed by atoms with Crippen molar-refractivity contribution in [3.8, 4) is 11.5 Å². The molecule has 0 spiro atoms. The number of imide groups is 1. The molecule has 8 nitrogen and oxygen atoms in total. The smallest absolute Gasteiger partial charge is 0.268 e. The molecule has 2 heterocycles. The van der Waals surface area contributed by atoms with Crippen molar-refractivity contribution in [2.75, 3.05) is 19.1 Å². The lowest BCUT2D eigenvalue weighted by atomic mass is 9.90. The van der Waals surface area contributed by atoms with Crippen molar-refractivity contribution in [3.63, 3.8) is 0 Å². The fourth-order valence-corrected chi connectivity index (χ4v) is 5.22. The number of carbonyl (C=O) groups is 3. The van der Waals surface area contributed by atoms with Gasteiger partial charge in [0.05, 0.1) is 31.9 Å². The van der Waals surface area contributed by atoms with Crippen molar-refractivity contribution in [2.45, 2.75) is 19.0 Å². The van der Waals surface area contributed by atoms with Crippen molar-refractivity contribution in [3.05, 3.63) is 87.9 Å². The average Bonchev–Trinajstić information content (AvgIpc) is 3.40. The number of nitrogens with zero attached hydrogens (tertiary/aromatic N) is 2. The molecule has 3 atom stereocenters. The van der Waals surface area contributed by atoms with Gasteiger partial charge in [0.15, 0.2) is 0 Å². The van der Waals surface area contributed by atoms with Gasteiger partial charge in [0.25, 0.3) is 11.8 Å². The summed E-state index contributed by atoms with van der Waals surface area (Å²) in [6, 6.07) is 17.6. The SMILES string of the molecule is COc1ccc(OC)c([C@@H]2NN(C(=O)c3cccc(Br)c3)[C@H]3C(=O)N(c4ccc(C)cc4)C(=O)[C@H]23)c1. The van der Waals surface area contributed by atoms with Crippen LogP contribution in [0.4, 0.5) is 5.69 Å². The van der Waals surface area contributed by atoms with Gasteiger partial charge in [-0.15, -0.1) is 0 Å². The molecule has 0 unspecified atom stereocenters. The van der Waals surface area contributed by atoms with Crippen LogP contribution in [0, 0.1) is 12.8 Å². The van der Waals surface area contributed by atoms with Crippen molar-refractivity contribution in [1.29, 1.82) is 0 Å². The first-order valence-corrected chi connectivity index (χ1v) is 12.1. The molecule has 0 bridgehead atoms. The van der Waals surface area contributed by atoms with Crippen LogP contribution >= 0.6 is 15.9 Å². The lowest BCUT2D eigenvalue weighted by molar-refractivity contribution is -0.123. The molecule has 1 N–H and O–H groups in total. The molecular formula is C27H24BrN3O5. The Labute approximate surface area is 216 Å². The summed E-state index contributed by atoms with van der Waals surface area (Å²) in [5, 5.41) is 1.28. The van der Waals surface area contributed by atoms with Crippen LogP contribution in [0.1, 0.15) is 27.5 Å². The third kappa shape index (κ3) is 3.94. The number of hydrogen-bond acceptors (Lipinski definition) is 6. The van der Waals surface area contributed by atoms with Gasteiger partial charge < -0.3 is 9.47 Å². The number of ether oxygens (including phenoxy) is 2. The van der Waals surface area contributed by atoms with E-state index in [0.29, 0.717) is 28.3 Å². The molecule has 0 saturated carbocycles. The second kappa shape index (κ2) is 9.40. The topological polar surface area (TPSA) is 88.2 Å². The highest BCUT2D eigenvalue weighted by molar-refractivity contribution is 9.10. The quantitative estimate of drug-likeness (QED) is 0.483. The Kier molecular flexibility index (Phi) is 6.27. The number of methoxy groups -OCH3 is 2. The van der Waals surface area contributed by atoms with E-state index in [1.54, 1.807) is 55.6 Å². The monoisotopic (exact) mass is 549 g/mol. The molecule has 3 aromatic rings. The highest BCUT2D eigenvalue weighted by Gasteiger charge is 2.60. The van der Waals surface area contributed by atoms with Gasteiger partial charge in [0.2, 0.25) is 5.91 Å². The Bertz CT molecular complexity index is 1360. The fraction of sp³-hybridized carbons (Fsp3) is 0.222. The van der Waals surface area contributed by atoms with Crippen LogP contribution in [0.3, 0.4) is 0 Å². The van der Waals surface area contributed by atoms with Crippen LogP contribution < -0.4 is 19.8 Å². The molecule has 0 aromatic heterocycles. The summed E-state index contributed by atoms with van der Waals surface area (Å²) < 4.78 is 11.7. The summed E-state index contributed by atoms with van der Waals surface area (Å²) >= 11 is 3.40. The molecule has 9 heteroatoms. The van der Waals surface area contributed by atoms with Gasteiger partial charge in [-0.1, -0.05) is 39.7 Å². The Hall–Kier alpha value is -3.69. The number of amides is 3. The fourth-order valence-electron chi connectivity index (χ4n) is 4.82. The van der Waals surface area contributed by atoms with Crippen molar-refractivity contribution < 1.29 is 23.9 Å². The number of anilines is 1. The van der Waals surface area contributed by atoms with E-state index >= 15 is 0 Å². The van der Waals surface area contributed by atoms with Crippen LogP contribution in [-0.2, 0) is 9.59 Å². The molecule has 2 fully saturated rings. The van der Waals surface area contributed by atoms with Gasteiger partial charge in [0.1, 0.15) is 17.5 Å². The number of nitrogens with one attached hydrogen (secondary N) is 1. The largest absolute Gasteiger partial charge is 0.497 e. The van der Waals surface area contributed by atoms with Crippen molar-refractivity contribution >= 4 is 39.3 Å². The number of carbonyl (C=O) groups excluding carboxylic acids is 3. The molecule has 2 aliphatic heterocycles. The Balaban J connectivity index is 1.62. The number of hydrazine groups is 1. The highest BCUT2D eigenvalue weighted by atomic mass is 79.9. The standard InChI is InChI=1S/C27H24BrN3O5/c1-15-7-9-18(10-8-15)30-26(33)22-23(20-14-19(35-2)11-12-21(20)36-3)29-31(24(22)27(30)34)25(32)16-5-4-6-17(28)13-16/h4-14,22-24,29H,1-3H3/t22-,23+,24-/m1/s1. The number of rotatable bonds is 5. The first-order chi connectivity index (χ1) is 17.3. The lowest BCUT2D eigenvalue weighted by Crippen LogP contribution is -2.48. The van der Waals surface area contributed by atoms with E-state index in [1.807, 2.05) is 25.1 Å². The van der Waals surface area contributed by atoms with E-state index in [2.05, 4.69) is 21.4 Å². The zero-order valence-electron chi connectivity index (χ0n) is 19.9. The predicted octanol–water partition coefficient (Wildman–Crippen LogP) is 4.03. The normalized spacial score (nSPS) is 21.1. The zero-order valence-corrected chi connectivity index (χ0v) is 21.5. The van der Waals surface area contributed by atoms with Crippen LogP contribution in [0.15, 0.2) is 71.2 Å². The molecular weight excluding hydrogens is 526 g/mol. The number of aryl methyl sites for hydroxylation is 1. The Morgan fingerprint density at radius 3 is 2.36 bits per heavy atom. The van der Waals surface area contributed by atoms with Gasteiger partial charge in [0, 0.05) is 15.6 Å². The van der Waals surface area contributed by atoms with Crippen LogP contribution in [0.2, 0.25) is 0 Å². The molecule has 0 aliphatic carbocycles. The van der Waals surface area contributed by atoms with E-state index < -0.39 is 29.8 Å². The average molecular weight is 550 g/mol. The van der Waals surface area contributed by atoms with Crippen molar-refractivity contribution in [1.82, 2.24) is 10.4 Å². The molecule has 3 aromatic carbocycles. The molecule has 0 radical (unpaired) electrons. The summed E-state index contributed by atoms with van der Waals surface area (Å²) in [7, 11) is 3.07. The van der Waals surface area contributed by atoms with Gasteiger partial charge in [-0.25, -0.2) is 10.3 Å². The number of benzene rings is 3. The summed E-state index contributed by atoms with van der Waals surface area (Å²) in [4.78, 5) is 42.4. The third-order valence-electron chi connectivity index (χ3n) is 6.59. The molecule has 36 heavy (non-hydrogen) atoms.